The zero-order valence-corrected chi connectivity index (χ0v) is 9.64. The Labute approximate surface area is 102 Å². The van der Waals surface area contributed by atoms with Crippen LogP contribution in [0, 0.1) is 0 Å². The number of H-pyrrole nitrogens is 1. The molecule has 2 heterocycles. The molecule has 0 aliphatic carbocycles. The number of nitrogens with zero attached hydrogens (tertiary/aromatic N) is 4. The van der Waals surface area contributed by atoms with Crippen molar-refractivity contribution in [2.45, 2.75) is 13.0 Å². The van der Waals surface area contributed by atoms with Gasteiger partial charge in [0.05, 0.1) is 18.4 Å². The van der Waals surface area contributed by atoms with Crippen LogP contribution >= 0.6 is 11.6 Å². The van der Waals surface area contributed by atoms with Gasteiger partial charge in [0.25, 0.3) is 5.91 Å². The zero-order valence-electron chi connectivity index (χ0n) is 8.88. The fraction of sp³-hybridized carbons (Fsp3) is 0.222. The molecule has 0 aromatic carbocycles. The van der Waals surface area contributed by atoms with E-state index in [1.807, 2.05) is 0 Å². The first-order valence-electron chi connectivity index (χ1n) is 4.80. The van der Waals surface area contributed by atoms with Gasteiger partial charge in [-0.15, -0.1) is 0 Å². The minimum atomic E-state index is -0.371. The van der Waals surface area contributed by atoms with Crippen molar-refractivity contribution in [3.05, 3.63) is 35.4 Å². The Bertz CT molecular complexity index is 514. The molecule has 17 heavy (non-hydrogen) atoms. The molecule has 0 aliphatic rings. The number of aromatic nitrogens is 5. The van der Waals surface area contributed by atoms with Crippen LogP contribution in [0.15, 0.2) is 18.7 Å². The van der Waals surface area contributed by atoms with Crippen LogP contribution in [0.1, 0.15) is 29.3 Å². The second-order valence-electron chi connectivity index (χ2n) is 3.29. The van der Waals surface area contributed by atoms with Gasteiger partial charge in [0, 0.05) is 0 Å². The highest BCUT2D eigenvalue weighted by Gasteiger charge is 2.14. The molecule has 2 aromatic rings. The van der Waals surface area contributed by atoms with E-state index in [4.69, 9.17) is 11.6 Å². The van der Waals surface area contributed by atoms with E-state index in [2.05, 4.69) is 30.5 Å². The lowest BCUT2D eigenvalue weighted by molar-refractivity contribution is 0.0933. The molecule has 2 N–H and O–H groups in total. The van der Waals surface area contributed by atoms with E-state index in [1.165, 1.54) is 18.7 Å². The van der Waals surface area contributed by atoms with Crippen LogP contribution in [0.25, 0.3) is 0 Å². The Hall–Kier alpha value is -2.02. The molecule has 0 saturated heterocycles. The summed E-state index contributed by atoms with van der Waals surface area (Å²) in [7, 11) is 0. The molecule has 0 fully saturated rings. The topological polar surface area (TPSA) is 96.5 Å². The highest BCUT2D eigenvalue weighted by molar-refractivity contribution is 6.29. The molecule has 0 bridgehead atoms. The van der Waals surface area contributed by atoms with E-state index in [0.717, 1.165) is 0 Å². The molecule has 7 nitrogen and oxygen atoms in total. The molecule has 1 atom stereocenters. The molecule has 1 amide bonds. The van der Waals surface area contributed by atoms with Crippen LogP contribution < -0.4 is 5.32 Å². The van der Waals surface area contributed by atoms with Gasteiger partial charge in [-0.05, 0) is 6.92 Å². The van der Waals surface area contributed by atoms with Crippen molar-refractivity contribution in [3.63, 3.8) is 0 Å². The summed E-state index contributed by atoms with van der Waals surface area (Å²) in [6, 6.07) is -0.300. The first kappa shape index (κ1) is 11.5. The van der Waals surface area contributed by atoms with Crippen LogP contribution in [-0.4, -0.2) is 31.1 Å². The average Bonchev–Trinajstić information content (AvgIpc) is 2.82. The van der Waals surface area contributed by atoms with Crippen LogP contribution in [-0.2, 0) is 0 Å². The lowest BCUT2D eigenvalue weighted by atomic mass is 10.3. The molecule has 2 aromatic heterocycles. The smallest absolute Gasteiger partial charge is 0.272 e. The van der Waals surface area contributed by atoms with Crippen molar-refractivity contribution in [2.75, 3.05) is 0 Å². The van der Waals surface area contributed by atoms with Crippen LogP contribution in [0.5, 0.6) is 0 Å². The number of carbonyl (C=O) groups excluding carboxylic acids is 1. The van der Waals surface area contributed by atoms with Gasteiger partial charge in [0.2, 0.25) is 0 Å². The molecule has 0 spiro atoms. The summed E-state index contributed by atoms with van der Waals surface area (Å²) in [6.07, 6.45) is 4.07. The highest BCUT2D eigenvalue weighted by Crippen LogP contribution is 2.07. The number of nitrogens with one attached hydrogen (secondary N) is 2. The number of amides is 1. The molecule has 2 rings (SSSR count). The summed E-state index contributed by atoms with van der Waals surface area (Å²) in [5, 5.41) is 9.23. The monoisotopic (exact) mass is 252 g/mol. The van der Waals surface area contributed by atoms with Crippen molar-refractivity contribution >= 4 is 17.5 Å². The minimum Gasteiger partial charge on any atom is -0.341 e. The summed E-state index contributed by atoms with van der Waals surface area (Å²) < 4.78 is 0. The highest BCUT2D eigenvalue weighted by atomic mass is 35.5. The summed E-state index contributed by atoms with van der Waals surface area (Å²) in [5.41, 5.74) is 0.156. The molecule has 0 saturated carbocycles. The number of aromatic amines is 1. The zero-order chi connectivity index (χ0) is 12.3. The first-order valence-corrected chi connectivity index (χ1v) is 5.18. The van der Waals surface area contributed by atoms with E-state index in [-0.39, 0.29) is 22.8 Å². The maximum absolute atomic E-state index is 11.8. The molecule has 1 unspecified atom stereocenters. The normalized spacial score (nSPS) is 12.1. The van der Waals surface area contributed by atoms with Gasteiger partial charge < -0.3 is 5.32 Å². The van der Waals surface area contributed by atoms with Gasteiger partial charge in [-0.3, -0.25) is 14.9 Å². The van der Waals surface area contributed by atoms with Gasteiger partial charge in [0.1, 0.15) is 23.0 Å². The van der Waals surface area contributed by atoms with E-state index >= 15 is 0 Å². The maximum atomic E-state index is 11.8. The Morgan fingerprint density at radius 1 is 1.53 bits per heavy atom. The number of carbonyl (C=O) groups is 1. The molecule has 0 radical (unpaired) electrons. The maximum Gasteiger partial charge on any atom is 0.272 e. The van der Waals surface area contributed by atoms with E-state index < -0.39 is 0 Å². The lowest BCUT2D eigenvalue weighted by Crippen LogP contribution is -2.28. The van der Waals surface area contributed by atoms with Gasteiger partial charge >= 0.3 is 0 Å². The first-order chi connectivity index (χ1) is 8.16. The Balaban J connectivity index is 2.07. The fourth-order valence-electron chi connectivity index (χ4n) is 1.21. The van der Waals surface area contributed by atoms with Gasteiger partial charge in [-0.25, -0.2) is 9.97 Å². The molecule has 8 heteroatoms. The van der Waals surface area contributed by atoms with Crippen LogP contribution in [0.4, 0.5) is 0 Å². The quantitative estimate of drug-likeness (QED) is 0.840. The van der Waals surface area contributed by atoms with Gasteiger partial charge in [0.15, 0.2) is 0 Å². The molecule has 88 valence electrons. The molecular weight excluding hydrogens is 244 g/mol. The SMILES string of the molecule is CC(NC(=O)c1cncc(Cl)n1)c1ncn[nH]1. The lowest BCUT2D eigenvalue weighted by Gasteiger charge is -2.10. The van der Waals surface area contributed by atoms with E-state index in [0.29, 0.717) is 5.82 Å². The second-order valence-corrected chi connectivity index (χ2v) is 3.68. The number of hydrogen-bond donors (Lipinski definition) is 2. The third-order valence-electron chi connectivity index (χ3n) is 2.03. The Kier molecular flexibility index (Phi) is 3.29. The standard InChI is InChI=1S/C9H9ClN6O/c1-5(8-12-4-13-16-8)14-9(17)6-2-11-3-7(10)15-6/h2-5H,1H3,(H,14,17)(H,12,13,16). The van der Waals surface area contributed by atoms with Crippen molar-refractivity contribution in [1.29, 1.82) is 0 Å². The summed E-state index contributed by atoms with van der Waals surface area (Å²) in [6.45, 7) is 1.77. The average molecular weight is 253 g/mol. The van der Waals surface area contributed by atoms with E-state index in [1.54, 1.807) is 6.92 Å². The summed E-state index contributed by atoms with van der Waals surface area (Å²) in [4.78, 5) is 23.3. The third kappa shape index (κ3) is 2.76. The van der Waals surface area contributed by atoms with Gasteiger partial charge in [-0.2, -0.15) is 5.10 Å². The predicted octanol–water partition coefficient (Wildman–Crippen LogP) is 0.739. The van der Waals surface area contributed by atoms with Crippen molar-refractivity contribution in [2.24, 2.45) is 0 Å². The van der Waals surface area contributed by atoms with Crippen molar-refractivity contribution in [3.8, 4) is 0 Å². The Morgan fingerprint density at radius 3 is 3.00 bits per heavy atom. The largest absolute Gasteiger partial charge is 0.341 e. The molecule has 0 aliphatic heterocycles. The second kappa shape index (κ2) is 4.88. The van der Waals surface area contributed by atoms with Crippen LogP contribution in [0.2, 0.25) is 5.15 Å². The minimum absolute atomic E-state index is 0.156. The number of rotatable bonds is 3. The van der Waals surface area contributed by atoms with Crippen molar-refractivity contribution < 1.29 is 4.79 Å². The van der Waals surface area contributed by atoms with Crippen molar-refractivity contribution in [1.82, 2.24) is 30.5 Å². The summed E-state index contributed by atoms with van der Waals surface area (Å²) in [5.74, 6) is 0.192. The fourth-order valence-corrected chi connectivity index (χ4v) is 1.36. The van der Waals surface area contributed by atoms with Gasteiger partial charge in [-0.1, -0.05) is 11.6 Å². The number of hydrogen-bond acceptors (Lipinski definition) is 5. The predicted molar refractivity (Wildman–Crippen MR) is 59.3 cm³/mol. The number of halogens is 1. The summed E-state index contributed by atoms with van der Waals surface area (Å²) >= 11 is 5.64. The van der Waals surface area contributed by atoms with Crippen LogP contribution in [0.3, 0.4) is 0 Å². The molecular formula is C9H9ClN6O. The third-order valence-corrected chi connectivity index (χ3v) is 2.21. The Morgan fingerprint density at radius 2 is 2.35 bits per heavy atom. The van der Waals surface area contributed by atoms with E-state index in [9.17, 15) is 4.79 Å².